The Balaban J connectivity index is 2.31. The Morgan fingerprint density at radius 1 is 0.882 bits per heavy atom. The van der Waals surface area contributed by atoms with E-state index in [2.05, 4.69) is 73.8 Å². The third-order valence-corrected chi connectivity index (χ3v) is 4.07. The maximum Gasteiger partial charge on any atom is 0.141 e. The van der Waals surface area contributed by atoms with Gasteiger partial charge in [0.05, 0.1) is 3.57 Å². The van der Waals surface area contributed by atoms with Gasteiger partial charge in [-0.15, -0.1) is 0 Å². The summed E-state index contributed by atoms with van der Waals surface area (Å²) in [7, 11) is 0. The van der Waals surface area contributed by atoms with Gasteiger partial charge in [0.2, 0.25) is 0 Å². The van der Waals surface area contributed by atoms with E-state index in [0.717, 1.165) is 22.2 Å². The van der Waals surface area contributed by atoms with E-state index in [1.54, 1.807) is 18.2 Å². The normalized spacial score (nSPS) is 10.3. The summed E-state index contributed by atoms with van der Waals surface area (Å²) in [5.74, 6) is 1.81. The number of ether oxygens (including phenoxy) is 1. The molecule has 5 heteroatoms. The van der Waals surface area contributed by atoms with Gasteiger partial charge in [0.1, 0.15) is 17.2 Å². The molecule has 0 aliphatic heterocycles. The van der Waals surface area contributed by atoms with Crippen molar-refractivity contribution in [2.45, 2.75) is 0 Å². The SMILES string of the molecule is Oc1ccc(Oc2cc(I)cc(I)c2)c(I)c1. The lowest BCUT2D eigenvalue weighted by Gasteiger charge is -2.09. The van der Waals surface area contributed by atoms with Crippen LogP contribution in [0.4, 0.5) is 0 Å². The quantitative estimate of drug-likeness (QED) is 0.522. The Morgan fingerprint density at radius 2 is 1.53 bits per heavy atom. The molecule has 0 bridgehead atoms. The van der Waals surface area contributed by atoms with Gasteiger partial charge in [0.15, 0.2) is 0 Å². The van der Waals surface area contributed by atoms with E-state index in [1.807, 2.05) is 12.1 Å². The van der Waals surface area contributed by atoms with Gasteiger partial charge in [-0.2, -0.15) is 0 Å². The lowest BCUT2D eigenvalue weighted by molar-refractivity contribution is 0.461. The van der Waals surface area contributed by atoms with E-state index in [9.17, 15) is 5.11 Å². The van der Waals surface area contributed by atoms with Crippen molar-refractivity contribution in [1.82, 2.24) is 0 Å². The Labute approximate surface area is 140 Å². The van der Waals surface area contributed by atoms with Crippen molar-refractivity contribution in [2.75, 3.05) is 0 Å². The first-order chi connectivity index (χ1) is 8.04. The topological polar surface area (TPSA) is 29.5 Å². The number of hydrogen-bond donors (Lipinski definition) is 1. The fraction of sp³-hybridized carbons (Fsp3) is 0. The fourth-order valence-electron chi connectivity index (χ4n) is 1.29. The van der Waals surface area contributed by atoms with Gasteiger partial charge in [-0.3, -0.25) is 0 Å². The van der Waals surface area contributed by atoms with Crippen molar-refractivity contribution < 1.29 is 9.84 Å². The van der Waals surface area contributed by atoms with Crippen LogP contribution in [0.5, 0.6) is 17.2 Å². The number of phenols is 1. The lowest BCUT2D eigenvalue weighted by atomic mass is 10.3. The highest BCUT2D eigenvalue weighted by Crippen LogP contribution is 2.30. The van der Waals surface area contributed by atoms with Gasteiger partial charge in [-0.25, -0.2) is 0 Å². The molecule has 0 heterocycles. The van der Waals surface area contributed by atoms with Crippen molar-refractivity contribution >= 4 is 67.8 Å². The zero-order chi connectivity index (χ0) is 12.4. The van der Waals surface area contributed by atoms with Crippen molar-refractivity contribution in [1.29, 1.82) is 0 Å². The van der Waals surface area contributed by atoms with Crippen LogP contribution in [-0.4, -0.2) is 5.11 Å². The second-order valence-electron chi connectivity index (χ2n) is 3.32. The van der Waals surface area contributed by atoms with E-state index in [1.165, 1.54) is 0 Å². The summed E-state index contributed by atoms with van der Waals surface area (Å²) in [5, 5.41) is 9.33. The highest BCUT2D eigenvalue weighted by atomic mass is 127. The molecule has 0 aliphatic carbocycles. The minimum Gasteiger partial charge on any atom is -0.508 e. The summed E-state index contributed by atoms with van der Waals surface area (Å²) in [6.07, 6.45) is 0. The van der Waals surface area contributed by atoms with Crippen molar-refractivity contribution in [3.63, 3.8) is 0 Å². The minimum absolute atomic E-state index is 0.249. The van der Waals surface area contributed by atoms with E-state index < -0.39 is 0 Å². The second-order valence-corrected chi connectivity index (χ2v) is 6.98. The summed E-state index contributed by atoms with van der Waals surface area (Å²) in [4.78, 5) is 0. The third-order valence-electron chi connectivity index (χ3n) is 1.98. The van der Waals surface area contributed by atoms with Gasteiger partial charge in [-0.1, -0.05) is 0 Å². The highest BCUT2D eigenvalue weighted by molar-refractivity contribution is 14.1. The number of aromatic hydroxyl groups is 1. The molecule has 0 fully saturated rings. The van der Waals surface area contributed by atoms with Gasteiger partial charge in [-0.05, 0) is 104 Å². The molecule has 0 aromatic heterocycles. The molecule has 2 nitrogen and oxygen atoms in total. The average Bonchev–Trinajstić information content (AvgIpc) is 2.21. The largest absolute Gasteiger partial charge is 0.508 e. The second kappa shape index (κ2) is 5.91. The molecule has 88 valence electrons. The Kier molecular flexibility index (Phi) is 4.75. The first-order valence-electron chi connectivity index (χ1n) is 4.67. The minimum atomic E-state index is 0.249. The highest BCUT2D eigenvalue weighted by Gasteiger charge is 2.05. The predicted molar refractivity (Wildman–Crippen MR) is 92.8 cm³/mol. The predicted octanol–water partition coefficient (Wildman–Crippen LogP) is 5.00. The van der Waals surface area contributed by atoms with E-state index in [4.69, 9.17) is 4.74 Å². The molecule has 0 saturated carbocycles. The maximum atomic E-state index is 9.33. The molecule has 0 aliphatic rings. The monoisotopic (exact) mass is 564 g/mol. The van der Waals surface area contributed by atoms with Crippen LogP contribution in [0, 0.1) is 10.7 Å². The van der Waals surface area contributed by atoms with Crippen molar-refractivity contribution in [3.8, 4) is 17.2 Å². The molecule has 17 heavy (non-hydrogen) atoms. The van der Waals surface area contributed by atoms with Gasteiger partial charge >= 0.3 is 0 Å². The molecule has 0 spiro atoms. The van der Waals surface area contributed by atoms with Crippen LogP contribution >= 0.6 is 67.8 Å². The molecule has 0 saturated heterocycles. The summed E-state index contributed by atoms with van der Waals surface area (Å²) >= 11 is 6.66. The number of rotatable bonds is 2. The molecule has 2 rings (SSSR count). The molecule has 0 radical (unpaired) electrons. The van der Waals surface area contributed by atoms with Crippen LogP contribution in [0.15, 0.2) is 36.4 Å². The number of halogens is 3. The maximum absolute atomic E-state index is 9.33. The van der Waals surface area contributed by atoms with E-state index >= 15 is 0 Å². The summed E-state index contributed by atoms with van der Waals surface area (Å²) in [6, 6.07) is 11.1. The Morgan fingerprint density at radius 3 is 2.12 bits per heavy atom. The molecule has 0 atom stereocenters. The zero-order valence-electron chi connectivity index (χ0n) is 8.45. The van der Waals surface area contributed by atoms with Crippen LogP contribution in [-0.2, 0) is 0 Å². The van der Waals surface area contributed by atoms with Gasteiger partial charge in [0.25, 0.3) is 0 Å². The van der Waals surface area contributed by atoms with Crippen molar-refractivity contribution in [3.05, 3.63) is 47.1 Å². The standard InChI is InChI=1S/C12H7I3O2/c13-7-3-8(14)5-10(4-7)17-12-2-1-9(16)6-11(12)15/h1-6,16H. The molecule has 0 unspecified atom stereocenters. The van der Waals surface area contributed by atoms with Crippen LogP contribution in [0.3, 0.4) is 0 Å². The summed E-state index contributed by atoms with van der Waals surface area (Å²) in [5.41, 5.74) is 0. The molecule has 2 aromatic rings. The van der Waals surface area contributed by atoms with Crippen LogP contribution < -0.4 is 4.74 Å². The van der Waals surface area contributed by atoms with E-state index in [0.29, 0.717) is 0 Å². The first kappa shape index (κ1) is 13.7. The third kappa shape index (κ3) is 3.85. The molecular formula is C12H7I3O2. The summed E-state index contributed by atoms with van der Waals surface area (Å²) < 4.78 is 8.96. The first-order valence-corrected chi connectivity index (χ1v) is 7.91. The molecule has 1 N–H and O–H groups in total. The number of benzene rings is 2. The Hall–Kier alpha value is 0.230. The fourth-order valence-corrected chi connectivity index (χ4v) is 3.78. The van der Waals surface area contributed by atoms with Gasteiger partial charge in [0, 0.05) is 7.14 Å². The van der Waals surface area contributed by atoms with E-state index in [-0.39, 0.29) is 5.75 Å². The summed E-state index contributed by atoms with van der Waals surface area (Å²) in [6.45, 7) is 0. The smallest absolute Gasteiger partial charge is 0.141 e. The van der Waals surface area contributed by atoms with Gasteiger partial charge < -0.3 is 9.84 Å². The van der Waals surface area contributed by atoms with Crippen molar-refractivity contribution in [2.24, 2.45) is 0 Å². The average molecular weight is 564 g/mol. The van der Waals surface area contributed by atoms with Crippen LogP contribution in [0.1, 0.15) is 0 Å². The Bertz CT molecular complexity index is 535. The molecule has 2 aromatic carbocycles. The van der Waals surface area contributed by atoms with Crippen LogP contribution in [0.25, 0.3) is 0 Å². The lowest BCUT2D eigenvalue weighted by Crippen LogP contribution is -1.88. The zero-order valence-corrected chi connectivity index (χ0v) is 14.9. The van der Waals surface area contributed by atoms with Crippen LogP contribution in [0.2, 0.25) is 0 Å². The number of hydrogen-bond acceptors (Lipinski definition) is 2. The number of phenolic OH excluding ortho intramolecular Hbond substituents is 1. The molecule has 0 amide bonds. The molecular weight excluding hydrogens is 557 g/mol.